The van der Waals surface area contributed by atoms with Gasteiger partial charge in [-0.2, -0.15) is 0 Å². The normalized spacial score (nSPS) is 11.8. The smallest absolute Gasteiger partial charge is 0.339 e. The number of imidazole rings is 1. The van der Waals surface area contributed by atoms with Crippen LogP contribution >= 0.6 is 0 Å². The third-order valence-electron chi connectivity index (χ3n) is 4.75. The molecule has 32 heavy (non-hydrogen) atoms. The number of aryl methyl sites for hydroxylation is 2. The lowest BCUT2D eigenvalue weighted by Crippen LogP contribution is -2.30. The van der Waals surface area contributed by atoms with Crippen molar-refractivity contribution in [1.82, 2.24) is 25.1 Å². The second kappa shape index (κ2) is 8.84. The van der Waals surface area contributed by atoms with Crippen molar-refractivity contribution in [2.45, 2.75) is 33.5 Å². The molecule has 0 saturated carbocycles. The number of H-pyrrole nitrogens is 1. The molecule has 2 N–H and O–H groups in total. The van der Waals surface area contributed by atoms with Gasteiger partial charge in [0, 0.05) is 0 Å². The number of anilines is 1. The zero-order valence-electron chi connectivity index (χ0n) is 17.6. The minimum atomic E-state index is -1.07. The molecule has 3 heterocycles. The van der Waals surface area contributed by atoms with E-state index in [1.807, 2.05) is 6.92 Å². The van der Waals surface area contributed by atoms with Crippen LogP contribution in [0.1, 0.15) is 34.3 Å². The van der Waals surface area contributed by atoms with Crippen LogP contribution in [0.15, 0.2) is 41.4 Å². The first-order chi connectivity index (χ1) is 15.4. The Morgan fingerprint density at radius 1 is 1.22 bits per heavy atom. The number of hydrogen-bond acceptors (Lipinski definition) is 9. The molecular weight excluding hydrogens is 416 g/mol. The van der Waals surface area contributed by atoms with Crippen molar-refractivity contribution < 1.29 is 23.6 Å². The number of ether oxygens (including phenoxy) is 2. The van der Waals surface area contributed by atoms with Gasteiger partial charge >= 0.3 is 5.97 Å². The summed E-state index contributed by atoms with van der Waals surface area (Å²) in [5.41, 5.74) is 2.73. The van der Waals surface area contributed by atoms with Gasteiger partial charge in [-0.1, -0.05) is 11.2 Å². The molecule has 4 aromatic rings. The fraction of sp³-hybridized carbons (Fsp3) is 0.238. The number of carbonyl (C=O) groups excluding carboxylic acids is 2. The number of nitrogens with one attached hydrogen (secondary N) is 2. The molecule has 0 bridgehead atoms. The van der Waals surface area contributed by atoms with Gasteiger partial charge in [-0.25, -0.2) is 19.7 Å². The highest BCUT2D eigenvalue weighted by atomic mass is 16.5. The minimum absolute atomic E-state index is 0.245. The highest BCUT2D eigenvalue weighted by Gasteiger charge is 2.21. The standard InChI is InChI=1S/C21H20N6O5/c1-11-16(12(2)32-27-11)8-30-15-6-4-5-14(7-15)21(29)31-13(3)20(28)26-19-17-18(23-9-22-17)24-10-25-19/h4-7,9-10,13H,8H2,1-3H3,(H2,22,23,24,25,26,28). The third-order valence-corrected chi connectivity index (χ3v) is 4.75. The van der Waals surface area contributed by atoms with Crippen molar-refractivity contribution in [2.75, 3.05) is 5.32 Å². The lowest BCUT2D eigenvalue weighted by molar-refractivity contribution is -0.123. The summed E-state index contributed by atoms with van der Waals surface area (Å²) in [6, 6.07) is 6.51. The first kappa shape index (κ1) is 21.0. The number of aromatic nitrogens is 5. The SMILES string of the molecule is Cc1noc(C)c1COc1cccc(C(=O)OC(C)C(=O)Nc2ncnc3nc[nH]c23)c1. The average Bonchev–Trinajstić information content (AvgIpc) is 3.39. The molecule has 164 valence electrons. The Labute approximate surface area is 182 Å². The Balaban J connectivity index is 1.38. The van der Waals surface area contributed by atoms with Crippen LogP contribution in [0, 0.1) is 13.8 Å². The van der Waals surface area contributed by atoms with Crippen molar-refractivity contribution >= 4 is 28.9 Å². The van der Waals surface area contributed by atoms with Crippen molar-refractivity contribution in [1.29, 1.82) is 0 Å². The van der Waals surface area contributed by atoms with E-state index in [1.165, 1.54) is 19.6 Å². The van der Waals surface area contributed by atoms with Gasteiger partial charge in [-0.15, -0.1) is 0 Å². The van der Waals surface area contributed by atoms with Crippen LogP contribution in [0.5, 0.6) is 5.75 Å². The van der Waals surface area contributed by atoms with E-state index in [9.17, 15) is 9.59 Å². The second-order valence-corrected chi connectivity index (χ2v) is 6.98. The maximum atomic E-state index is 12.6. The number of amides is 1. The molecule has 0 spiro atoms. The maximum absolute atomic E-state index is 12.6. The van der Waals surface area contributed by atoms with Crippen molar-refractivity contribution in [3.8, 4) is 5.75 Å². The predicted octanol–water partition coefficient (Wildman–Crippen LogP) is 2.72. The Bertz CT molecular complexity index is 1260. The Morgan fingerprint density at radius 3 is 2.84 bits per heavy atom. The zero-order chi connectivity index (χ0) is 22.7. The van der Waals surface area contributed by atoms with Gasteiger partial charge in [0.1, 0.15) is 30.0 Å². The van der Waals surface area contributed by atoms with Crippen LogP contribution in [0.4, 0.5) is 5.82 Å². The van der Waals surface area contributed by atoms with Crippen molar-refractivity contribution in [2.24, 2.45) is 0 Å². The Kier molecular flexibility index (Phi) is 5.79. The van der Waals surface area contributed by atoms with Crippen molar-refractivity contribution in [3.05, 3.63) is 59.5 Å². The predicted molar refractivity (Wildman–Crippen MR) is 112 cm³/mol. The monoisotopic (exact) mass is 436 g/mol. The molecule has 0 radical (unpaired) electrons. The van der Waals surface area contributed by atoms with E-state index in [2.05, 4.69) is 30.4 Å². The lowest BCUT2D eigenvalue weighted by atomic mass is 10.2. The number of carbonyl (C=O) groups is 2. The molecule has 0 aliphatic carbocycles. The van der Waals surface area contributed by atoms with Crippen LogP contribution in [0.3, 0.4) is 0 Å². The number of esters is 1. The molecule has 4 rings (SSSR count). The fourth-order valence-corrected chi connectivity index (χ4v) is 2.94. The summed E-state index contributed by atoms with van der Waals surface area (Å²) < 4.78 is 16.2. The number of benzene rings is 1. The van der Waals surface area contributed by atoms with E-state index in [0.717, 1.165) is 11.3 Å². The molecule has 0 aliphatic rings. The number of aromatic amines is 1. The minimum Gasteiger partial charge on any atom is -0.489 e. The molecule has 1 unspecified atom stereocenters. The van der Waals surface area contributed by atoms with Gasteiger partial charge in [0.15, 0.2) is 17.6 Å². The van der Waals surface area contributed by atoms with Gasteiger partial charge in [-0.05, 0) is 39.0 Å². The number of fused-ring (bicyclic) bond motifs is 1. The topological polar surface area (TPSA) is 145 Å². The van der Waals surface area contributed by atoms with Crippen LogP contribution in [0.2, 0.25) is 0 Å². The van der Waals surface area contributed by atoms with E-state index in [1.54, 1.807) is 31.2 Å². The molecular formula is C21H20N6O5. The molecule has 1 atom stereocenters. The van der Waals surface area contributed by atoms with Crippen LogP contribution < -0.4 is 10.1 Å². The van der Waals surface area contributed by atoms with E-state index >= 15 is 0 Å². The number of rotatable bonds is 7. The third kappa shape index (κ3) is 4.41. The summed E-state index contributed by atoms with van der Waals surface area (Å²) in [6.45, 7) is 5.35. The maximum Gasteiger partial charge on any atom is 0.339 e. The summed E-state index contributed by atoms with van der Waals surface area (Å²) >= 11 is 0. The highest BCUT2D eigenvalue weighted by molar-refractivity contribution is 6.00. The van der Waals surface area contributed by atoms with Crippen molar-refractivity contribution in [3.63, 3.8) is 0 Å². The van der Waals surface area contributed by atoms with Gasteiger partial charge in [0.25, 0.3) is 5.91 Å². The van der Waals surface area contributed by atoms with Crippen LogP contribution in [-0.4, -0.2) is 43.1 Å². The number of hydrogen-bond donors (Lipinski definition) is 2. The summed E-state index contributed by atoms with van der Waals surface area (Å²) in [4.78, 5) is 39.9. The quantitative estimate of drug-likeness (QED) is 0.418. The summed E-state index contributed by atoms with van der Waals surface area (Å²) in [7, 11) is 0. The molecule has 1 aromatic carbocycles. The first-order valence-electron chi connectivity index (χ1n) is 9.73. The lowest BCUT2D eigenvalue weighted by Gasteiger charge is -2.14. The first-order valence-corrected chi connectivity index (χ1v) is 9.73. The molecule has 0 saturated heterocycles. The zero-order valence-corrected chi connectivity index (χ0v) is 17.6. The van der Waals surface area contributed by atoms with E-state index in [0.29, 0.717) is 22.7 Å². The molecule has 1 amide bonds. The molecule has 0 fully saturated rings. The van der Waals surface area contributed by atoms with E-state index in [-0.39, 0.29) is 18.0 Å². The molecule has 11 heteroatoms. The highest BCUT2D eigenvalue weighted by Crippen LogP contribution is 2.20. The second-order valence-electron chi connectivity index (χ2n) is 6.98. The van der Waals surface area contributed by atoms with Gasteiger partial charge < -0.3 is 24.3 Å². The molecule has 0 aliphatic heterocycles. The van der Waals surface area contributed by atoms with Gasteiger partial charge in [0.2, 0.25) is 0 Å². The Morgan fingerprint density at radius 2 is 2.06 bits per heavy atom. The van der Waals surface area contributed by atoms with Crippen LogP contribution in [0.25, 0.3) is 11.2 Å². The van der Waals surface area contributed by atoms with Gasteiger partial charge in [-0.3, -0.25) is 4.79 Å². The number of nitrogens with zero attached hydrogens (tertiary/aromatic N) is 4. The molecule has 3 aromatic heterocycles. The average molecular weight is 436 g/mol. The Hall–Kier alpha value is -4.28. The molecule has 11 nitrogen and oxygen atoms in total. The summed E-state index contributed by atoms with van der Waals surface area (Å²) in [6.07, 6.45) is 1.66. The largest absolute Gasteiger partial charge is 0.489 e. The van der Waals surface area contributed by atoms with E-state index < -0.39 is 18.0 Å². The summed E-state index contributed by atoms with van der Waals surface area (Å²) in [5, 5.41) is 6.49. The van der Waals surface area contributed by atoms with E-state index in [4.69, 9.17) is 14.0 Å². The van der Waals surface area contributed by atoms with Gasteiger partial charge in [0.05, 0.1) is 23.1 Å². The van der Waals surface area contributed by atoms with Crippen LogP contribution in [-0.2, 0) is 16.1 Å². The summed E-state index contributed by atoms with van der Waals surface area (Å²) in [5.74, 6) is 0.187. The fourth-order valence-electron chi connectivity index (χ4n) is 2.94.